The van der Waals surface area contributed by atoms with Gasteiger partial charge >= 0.3 is 11.7 Å². The molecule has 0 aliphatic carbocycles. The fraction of sp³-hybridized carbons (Fsp3) is 0.167. The monoisotopic (exact) mass is 247 g/mol. The second kappa shape index (κ2) is 4.50. The lowest BCUT2D eigenvalue weighted by atomic mass is 10.1. The molecule has 1 atom stereocenters. The fourth-order valence-corrected chi connectivity index (χ4v) is 1.65. The number of aromatic nitrogens is 2. The summed E-state index contributed by atoms with van der Waals surface area (Å²) in [6, 6.07) is 5.49. The molecule has 0 amide bonds. The van der Waals surface area contributed by atoms with Crippen molar-refractivity contribution >= 4 is 5.97 Å². The predicted molar refractivity (Wildman–Crippen MR) is 65.6 cm³/mol. The molecule has 0 aliphatic heterocycles. The number of carbonyl (C=O) groups is 1. The normalized spacial score (nSPS) is 12.3. The van der Waals surface area contributed by atoms with Gasteiger partial charge in [0.15, 0.2) is 0 Å². The first-order chi connectivity index (χ1) is 8.50. The van der Waals surface area contributed by atoms with E-state index in [-0.39, 0.29) is 5.69 Å². The maximum absolute atomic E-state index is 11.7. The van der Waals surface area contributed by atoms with Crippen molar-refractivity contribution in [2.45, 2.75) is 6.04 Å². The average Bonchev–Trinajstić information content (AvgIpc) is 2.69. The summed E-state index contributed by atoms with van der Waals surface area (Å²) in [6.45, 7) is 0. The van der Waals surface area contributed by atoms with Gasteiger partial charge in [0.25, 0.3) is 0 Å². The van der Waals surface area contributed by atoms with Crippen LogP contribution >= 0.6 is 0 Å². The minimum Gasteiger partial charge on any atom is -0.480 e. The number of nitrogens with two attached hydrogens (primary N) is 1. The lowest BCUT2D eigenvalue weighted by molar-refractivity contribution is -0.138. The van der Waals surface area contributed by atoms with E-state index in [0.717, 1.165) is 0 Å². The van der Waals surface area contributed by atoms with Crippen LogP contribution in [0, 0.1) is 0 Å². The number of benzene rings is 1. The Labute approximate surface area is 103 Å². The zero-order valence-corrected chi connectivity index (χ0v) is 9.78. The van der Waals surface area contributed by atoms with E-state index in [1.165, 1.54) is 9.13 Å². The molecule has 1 unspecified atom stereocenters. The number of aliphatic carboxylic acids is 1. The summed E-state index contributed by atoms with van der Waals surface area (Å²) in [7, 11) is 1.66. The third-order valence-electron chi connectivity index (χ3n) is 2.74. The Kier molecular flexibility index (Phi) is 3.03. The average molecular weight is 247 g/mol. The predicted octanol–water partition coefficient (Wildman–Crippen LogP) is 0.260. The van der Waals surface area contributed by atoms with Gasteiger partial charge in [-0.15, -0.1) is 0 Å². The first kappa shape index (κ1) is 12.1. The SMILES string of the molecule is Cn1ccn(-c2ccc(C(N)C(=O)O)cc2)c1=O. The van der Waals surface area contributed by atoms with Gasteiger partial charge in [-0.05, 0) is 17.7 Å². The number of imidazole rings is 1. The minimum atomic E-state index is -1.08. The third-order valence-corrected chi connectivity index (χ3v) is 2.74. The van der Waals surface area contributed by atoms with Crippen molar-refractivity contribution in [3.8, 4) is 5.69 Å². The number of hydrogen-bond donors (Lipinski definition) is 2. The third kappa shape index (κ3) is 2.05. The molecule has 1 heterocycles. The number of nitrogens with zero attached hydrogens (tertiary/aromatic N) is 2. The van der Waals surface area contributed by atoms with Gasteiger partial charge in [0, 0.05) is 19.4 Å². The van der Waals surface area contributed by atoms with Crippen molar-refractivity contribution in [2.24, 2.45) is 12.8 Å². The number of rotatable bonds is 3. The van der Waals surface area contributed by atoms with Gasteiger partial charge < -0.3 is 15.4 Å². The molecular weight excluding hydrogens is 234 g/mol. The Balaban J connectivity index is 2.36. The Hall–Kier alpha value is -2.34. The summed E-state index contributed by atoms with van der Waals surface area (Å²) >= 11 is 0. The van der Waals surface area contributed by atoms with Crippen LogP contribution in [0.2, 0.25) is 0 Å². The van der Waals surface area contributed by atoms with Crippen LogP contribution < -0.4 is 11.4 Å². The molecule has 0 aliphatic rings. The van der Waals surface area contributed by atoms with Crippen LogP contribution in [0.15, 0.2) is 41.5 Å². The van der Waals surface area contributed by atoms with E-state index in [0.29, 0.717) is 11.3 Å². The fourth-order valence-electron chi connectivity index (χ4n) is 1.65. The molecular formula is C12H13N3O3. The zero-order valence-electron chi connectivity index (χ0n) is 9.78. The van der Waals surface area contributed by atoms with E-state index < -0.39 is 12.0 Å². The van der Waals surface area contributed by atoms with E-state index in [2.05, 4.69) is 0 Å². The van der Waals surface area contributed by atoms with Crippen LogP contribution in [-0.4, -0.2) is 20.2 Å². The minimum absolute atomic E-state index is 0.162. The molecule has 0 fully saturated rings. The van der Waals surface area contributed by atoms with E-state index in [1.54, 1.807) is 43.7 Å². The van der Waals surface area contributed by atoms with Crippen molar-refractivity contribution in [1.82, 2.24) is 9.13 Å². The van der Waals surface area contributed by atoms with E-state index in [9.17, 15) is 9.59 Å². The summed E-state index contributed by atoms with van der Waals surface area (Å²) < 4.78 is 2.92. The topological polar surface area (TPSA) is 90.2 Å². The number of aryl methyl sites for hydroxylation is 1. The highest BCUT2D eigenvalue weighted by Gasteiger charge is 2.14. The molecule has 3 N–H and O–H groups in total. The van der Waals surface area contributed by atoms with Crippen LogP contribution in [0.4, 0.5) is 0 Å². The summed E-state index contributed by atoms with van der Waals surface area (Å²) in [6.07, 6.45) is 3.30. The van der Waals surface area contributed by atoms with E-state index in [1.807, 2.05) is 0 Å². The van der Waals surface area contributed by atoms with Gasteiger partial charge in [0.2, 0.25) is 0 Å². The Bertz CT molecular complexity index is 625. The second-order valence-electron chi connectivity index (χ2n) is 3.97. The highest BCUT2D eigenvalue weighted by Crippen LogP contribution is 2.13. The van der Waals surface area contributed by atoms with E-state index >= 15 is 0 Å². The van der Waals surface area contributed by atoms with Crippen molar-refractivity contribution in [2.75, 3.05) is 0 Å². The molecule has 1 aromatic carbocycles. The molecule has 6 heteroatoms. The zero-order chi connectivity index (χ0) is 13.3. The standard InChI is InChI=1S/C12H13N3O3/c1-14-6-7-15(12(14)18)9-4-2-8(3-5-9)10(13)11(16)17/h2-7,10H,13H2,1H3,(H,16,17). The summed E-state index contributed by atoms with van der Waals surface area (Å²) in [4.78, 5) is 22.4. The van der Waals surface area contributed by atoms with Gasteiger partial charge in [0.1, 0.15) is 6.04 Å². The maximum Gasteiger partial charge on any atom is 0.332 e. The van der Waals surface area contributed by atoms with Gasteiger partial charge in [-0.3, -0.25) is 9.36 Å². The van der Waals surface area contributed by atoms with Crippen molar-refractivity contribution in [1.29, 1.82) is 0 Å². The molecule has 0 saturated heterocycles. The highest BCUT2D eigenvalue weighted by molar-refractivity contribution is 5.75. The largest absolute Gasteiger partial charge is 0.480 e. The van der Waals surface area contributed by atoms with Crippen molar-refractivity contribution in [3.63, 3.8) is 0 Å². The van der Waals surface area contributed by atoms with Crippen LogP contribution in [0.1, 0.15) is 11.6 Å². The molecule has 0 saturated carbocycles. The molecule has 6 nitrogen and oxygen atoms in total. The molecule has 0 radical (unpaired) electrons. The molecule has 0 bridgehead atoms. The Morgan fingerprint density at radius 2 is 1.89 bits per heavy atom. The summed E-state index contributed by atoms with van der Waals surface area (Å²) in [5.74, 6) is -1.08. The van der Waals surface area contributed by atoms with Gasteiger partial charge in [-0.1, -0.05) is 12.1 Å². The summed E-state index contributed by atoms with van der Waals surface area (Å²) in [5.41, 5.74) is 6.49. The molecule has 2 aromatic rings. The molecule has 18 heavy (non-hydrogen) atoms. The van der Waals surface area contributed by atoms with Gasteiger partial charge in [-0.2, -0.15) is 0 Å². The highest BCUT2D eigenvalue weighted by atomic mass is 16.4. The molecule has 2 rings (SSSR count). The Morgan fingerprint density at radius 1 is 1.28 bits per heavy atom. The van der Waals surface area contributed by atoms with Crippen LogP contribution in [0.25, 0.3) is 5.69 Å². The van der Waals surface area contributed by atoms with Gasteiger partial charge in [0.05, 0.1) is 5.69 Å². The van der Waals surface area contributed by atoms with Crippen LogP contribution in [0.3, 0.4) is 0 Å². The quantitative estimate of drug-likeness (QED) is 0.814. The van der Waals surface area contributed by atoms with Crippen LogP contribution in [0.5, 0.6) is 0 Å². The van der Waals surface area contributed by atoms with Crippen molar-refractivity contribution < 1.29 is 9.90 Å². The van der Waals surface area contributed by atoms with Crippen molar-refractivity contribution in [3.05, 3.63) is 52.7 Å². The van der Waals surface area contributed by atoms with Crippen LogP contribution in [-0.2, 0) is 11.8 Å². The first-order valence-corrected chi connectivity index (χ1v) is 5.33. The number of hydrogen-bond acceptors (Lipinski definition) is 3. The lowest BCUT2D eigenvalue weighted by Crippen LogP contribution is -2.22. The van der Waals surface area contributed by atoms with E-state index in [4.69, 9.17) is 10.8 Å². The maximum atomic E-state index is 11.7. The lowest BCUT2D eigenvalue weighted by Gasteiger charge is -2.07. The molecule has 94 valence electrons. The summed E-state index contributed by atoms with van der Waals surface area (Å²) in [5, 5.41) is 8.79. The Morgan fingerprint density at radius 3 is 2.33 bits per heavy atom. The second-order valence-corrected chi connectivity index (χ2v) is 3.97. The number of carboxylic acids is 1. The number of carboxylic acid groups (broad SMARTS) is 1. The smallest absolute Gasteiger partial charge is 0.332 e. The molecule has 1 aromatic heterocycles. The molecule has 0 spiro atoms. The van der Waals surface area contributed by atoms with Gasteiger partial charge in [-0.25, -0.2) is 4.79 Å². The first-order valence-electron chi connectivity index (χ1n) is 5.33.